The second-order valence-electron chi connectivity index (χ2n) is 6.45. The highest BCUT2D eigenvalue weighted by Crippen LogP contribution is 2.27. The molecule has 0 aliphatic carbocycles. The van der Waals surface area contributed by atoms with Gasteiger partial charge in [0.15, 0.2) is 5.11 Å². The summed E-state index contributed by atoms with van der Waals surface area (Å²) in [7, 11) is 0. The minimum atomic E-state index is 0.208. The molecule has 1 aliphatic heterocycles. The molecule has 0 radical (unpaired) electrons. The predicted molar refractivity (Wildman–Crippen MR) is 107 cm³/mol. The molecule has 130 valence electrons. The summed E-state index contributed by atoms with van der Waals surface area (Å²) in [6.45, 7) is 5.60. The molecule has 1 amide bonds. The van der Waals surface area contributed by atoms with Gasteiger partial charge in [-0.15, -0.1) is 0 Å². The van der Waals surface area contributed by atoms with Crippen LogP contribution < -0.4 is 15.5 Å². The smallest absolute Gasteiger partial charge is 0.227 e. The second kappa shape index (κ2) is 7.66. The molecule has 0 atom stereocenters. The molecule has 1 aliphatic rings. The first-order chi connectivity index (χ1) is 12.0. The molecular formula is C20H23N3OS. The zero-order valence-electron chi connectivity index (χ0n) is 14.6. The lowest BCUT2D eigenvalue weighted by molar-refractivity contribution is -0.117. The third kappa shape index (κ3) is 4.37. The first kappa shape index (κ1) is 17.4. The maximum Gasteiger partial charge on any atom is 0.227 e. The van der Waals surface area contributed by atoms with Crippen molar-refractivity contribution in [1.82, 2.24) is 5.32 Å². The van der Waals surface area contributed by atoms with Crippen LogP contribution in [0.2, 0.25) is 0 Å². The molecular weight excluding hydrogens is 330 g/mol. The van der Waals surface area contributed by atoms with E-state index in [1.807, 2.05) is 36.1 Å². The van der Waals surface area contributed by atoms with Crippen molar-refractivity contribution in [3.05, 3.63) is 59.2 Å². The Labute approximate surface area is 154 Å². The molecule has 2 N–H and O–H groups in total. The van der Waals surface area contributed by atoms with Gasteiger partial charge in [0.2, 0.25) is 5.91 Å². The number of benzene rings is 2. The summed E-state index contributed by atoms with van der Waals surface area (Å²) in [5, 5.41) is 7.03. The van der Waals surface area contributed by atoms with Crippen molar-refractivity contribution in [2.45, 2.75) is 33.2 Å². The molecule has 0 aromatic heterocycles. The number of nitrogens with one attached hydrogen (secondary N) is 2. The third-order valence-corrected chi connectivity index (χ3v) is 4.60. The number of thiocarbonyl (C=S) groups is 1. The number of carbonyl (C=O) groups is 1. The van der Waals surface area contributed by atoms with Gasteiger partial charge in [0.25, 0.3) is 0 Å². The van der Waals surface area contributed by atoms with Crippen molar-refractivity contribution < 1.29 is 4.79 Å². The van der Waals surface area contributed by atoms with Crippen LogP contribution in [0.3, 0.4) is 0 Å². The van der Waals surface area contributed by atoms with Crippen LogP contribution in [-0.4, -0.2) is 17.6 Å². The third-order valence-electron chi connectivity index (χ3n) is 4.35. The Balaban J connectivity index is 1.60. The lowest BCUT2D eigenvalue weighted by Gasteiger charge is -2.19. The Kier molecular flexibility index (Phi) is 5.34. The highest BCUT2D eigenvalue weighted by atomic mass is 32.1. The number of rotatable bonds is 4. The fourth-order valence-corrected chi connectivity index (χ4v) is 3.31. The van der Waals surface area contributed by atoms with E-state index in [1.54, 1.807) is 0 Å². The average molecular weight is 353 g/mol. The zero-order chi connectivity index (χ0) is 17.8. The molecule has 5 heteroatoms. The van der Waals surface area contributed by atoms with E-state index in [2.05, 4.69) is 35.8 Å². The first-order valence-electron chi connectivity index (χ1n) is 8.54. The van der Waals surface area contributed by atoms with Gasteiger partial charge in [-0.05, 0) is 61.8 Å². The molecule has 0 spiro atoms. The fraction of sp³-hybridized carbons (Fsp3) is 0.300. The van der Waals surface area contributed by atoms with Crippen LogP contribution in [0.25, 0.3) is 0 Å². The van der Waals surface area contributed by atoms with E-state index < -0.39 is 0 Å². The van der Waals surface area contributed by atoms with E-state index >= 15 is 0 Å². The number of anilines is 2. The van der Waals surface area contributed by atoms with E-state index in [1.165, 1.54) is 11.1 Å². The minimum absolute atomic E-state index is 0.208. The molecule has 1 saturated heterocycles. The van der Waals surface area contributed by atoms with Crippen LogP contribution in [0.15, 0.2) is 42.5 Å². The number of aryl methyl sites for hydroxylation is 2. The van der Waals surface area contributed by atoms with Gasteiger partial charge in [0.05, 0.1) is 0 Å². The zero-order valence-corrected chi connectivity index (χ0v) is 15.5. The fourth-order valence-electron chi connectivity index (χ4n) is 3.12. The van der Waals surface area contributed by atoms with Gasteiger partial charge in [-0.25, -0.2) is 0 Å². The van der Waals surface area contributed by atoms with Gasteiger partial charge in [-0.2, -0.15) is 0 Å². The van der Waals surface area contributed by atoms with E-state index in [0.717, 1.165) is 29.9 Å². The topological polar surface area (TPSA) is 44.4 Å². The molecule has 2 aromatic carbocycles. The largest absolute Gasteiger partial charge is 0.358 e. The molecule has 1 fully saturated rings. The highest BCUT2D eigenvalue weighted by molar-refractivity contribution is 7.80. The molecule has 0 saturated carbocycles. The number of amides is 1. The van der Waals surface area contributed by atoms with Gasteiger partial charge < -0.3 is 15.5 Å². The van der Waals surface area contributed by atoms with Crippen LogP contribution >= 0.6 is 12.2 Å². The van der Waals surface area contributed by atoms with Crippen LogP contribution in [0.4, 0.5) is 11.4 Å². The van der Waals surface area contributed by atoms with Crippen molar-refractivity contribution in [2.24, 2.45) is 0 Å². The van der Waals surface area contributed by atoms with Crippen LogP contribution in [0.1, 0.15) is 29.5 Å². The van der Waals surface area contributed by atoms with Crippen molar-refractivity contribution in [3.8, 4) is 0 Å². The maximum atomic E-state index is 11.9. The normalized spacial score (nSPS) is 13.8. The number of hydrogen-bond acceptors (Lipinski definition) is 2. The van der Waals surface area contributed by atoms with Crippen molar-refractivity contribution in [1.29, 1.82) is 0 Å². The Morgan fingerprint density at radius 2 is 2.04 bits per heavy atom. The van der Waals surface area contributed by atoms with E-state index in [-0.39, 0.29) is 5.91 Å². The Hall–Kier alpha value is -2.40. The SMILES string of the molecule is Cc1cccc(CNC(=S)Nc2ccc(N3CCCC3=O)c(C)c2)c1. The van der Waals surface area contributed by atoms with Crippen LogP contribution in [0, 0.1) is 13.8 Å². The molecule has 4 nitrogen and oxygen atoms in total. The molecule has 0 bridgehead atoms. The first-order valence-corrected chi connectivity index (χ1v) is 8.95. The Bertz CT molecular complexity index is 803. The van der Waals surface area contributed by atoms with E-state index in [4.69, 9.17) is 12.2 Å². The lowest BCUT2D eigenvalue weighted by Crippen LogP contribution is -2.28. The summed E-state index contributed by atoms with van der Waals surface area (Å²) in [5.74, 6) is 0.208. The van der Waals surface area contributed by atoms with Gasteiger partial charge >= 0.3 is 0 Å². The average Bonchev–Trinajstić information content (AvgIpc) is 2.99. The van der Waals surface area contributed by atoms with Crippen molar-refractivity contribution in [2.75, 3.05) is 16.8 Å². The van der Waals surface area contributed by atoms with Crippen LogP contribution in [0.5, 0.6) is 0 Å². The second-order valence-corrected chi connectivity index (χ2v) is 6.86. The van der Waals surface area contributed by atoms with Gasteiger partial charge in [-0.3, -0.25) is 4.79 Å². The van der Waals surface area contributed by atoms with E-state index in [0.29, 0.717) is 18.1 Å². The monoisotopic (exact) mass is 353 g/mol. The van der Waals surface area contributed by atoms with Crippen molar-refractivity contribution in [3.63, 3.8) is 0 Å². The Morgan fingerprint density at radius 3 is 2.72 bits per heavy atom. The number of carbonyl (C=O) groups excluding carboxylic acids is 1. The van der Waals surface area contributed by atoms with Crippen molar-refractivity contribution >= 4 is 34.6 Å². The quantitative estimate of drug-likeness (QED) is 0.818. The predicted octanol–water partition coefficient (Wildman–Crippen LogP) is 3.92. The van der Waals surface area contributed by atoms with E-state index in [9.17, 15) is 4.79 Å². The van der Waals surface area contributed by atoms with Gasteiger partial charge in [-0.1, -0.05) is 29.8 Å². The molecule has 3 rings (SSSR count). The molecule has 2 aromatic rings. The summed E-state index contributed by atoms with van der Waals surface area (Å²) in [5.41, 5.74) is 5.42. The summed E-state index contributed by atoms with van der Waals surface area (Å²) < 4.78 is 0. The molecule has 25 heavy (non-hydrogen) atoms. The molecule has 0 unspecified atom stereocenters. The standard InChI is InChI=1S/C20H23N3OS/c1-14-5-3-6-16(11-14)13-21-20(25)22-17-8-9-18(15(2)12-17)23-10-4-7-19(23)24/h3,5-6,8-9,11-12H,4,7,10,13H2,1-2H3,(H2,21,22,25). The summed E-state index contributed by atoms with van der Waals surface area (Å²) >= 11 is 5.38. The summed E-state index contributed by atoms with van der Waals surface area (Å²) in [6, 6.07) is 14.3. The summed E-state index contributed by atoms with van der Waals surface area (Å²) in [4.78, 5) is 13.8. The highest BCUT2D eigenvalue weighted by Gasteiger charge is 2.22. The maximum absolute atomic E-state index is 11.9. The Morgan fingerprint density at radius 1 is 1.20 bits per heavy atom. The summed E-state index contributed by atoms with van der Waals surface area (Å²) in [6.07, 6.45) is 1.58. The number of nitrogens with zero attached hydrogens (tertiary/aromatic N) is 1. The molecule has 1 heterocycles. The van der Waals surface area contributed by atoms with Gasteiger partial charge in [0, 0.05) is 30.9 Å². The van der Waals surface area contributed by atoms with Gasteiger partial charge in [0.1, 0.15) is 0 Å². The minimum Gasteiger partial charge on any atom is -0.358 e. The lowest BCUT2D eigenvalue weighted by atomic mass is 10.1. The number of hydrogen-bond donors (Lipinski definition) is 2. The van der Waals surface area contributed by atoms with Crippen LogP contribution in [-0.2, 0) is 11.3 Å².